The number of nitriles is 1. The predicted octanol–water partition coefficient (Wildman–Crippen LogP) is 1.60. The number of aliphatic hydroxyl groups is 1. The first-order valence-corrected chi connectivity index (χ1v) is 6.90. The van der Waals surface area contributed by atoms with Crippen molar-refractivity contribution in [2.75, 3.05) is 13.2 Å². The third kappa shape index (κ3) is 3.17. The number of halogens is 2. The minimum Gasteiger partial charge on any atom is -0.492 e. The van der Waals surface area contributed by atoms with Crippen molar-refractivity contribution < 1.29 is 23.4 Å². The second-order valence-corrected chi connectivity index (χ2v) is 5.20. The minimum absolute atomic E-state index is 0.00610. The predicted molar refractivity (Wildman–Crippen MR) is 73.4 cm³/mol. The average Bonchev–Trinajstić information content (AvgIpc) is 2.49. The fourth-order valence-electron chi connectivity index (χ4n) is 2.11. The van der Waals surface area contributed by atoms with Gasteiger partial charge in [-0.3, -0.25) is 4.79 Å². The fourth-order valence-corrected chi connectivity index (χ4v) is 2.11. The van der Waals surface area contributed by atoms with E-state index in [4.69, 9.17) is 10.00 Å². The maximum Gasteiger partial charge on any atom is 0.352 e. The zero-order valence-electron chi connectivity index (χ0n) is 11.8. The van der Waals surface area contributed by atoms with Crippen molar-refractivity contribution >= 4 is 5.91 Å². The number of rotatable bonds is 6. The molecule has 0 unspecified atom stereocenters. The summed E-state index contributed by atoms with van der Waals surface area (Å²) in [5.41, 5.74) is -1.74. The first-order valence-electron chi connectivity index (χ1n) is 6.90. The van der Waals surface area contributed by atoms with Gasteiger partial charge in [0.2, 0.25) is 0 Å². The monoisotopic (exact) mass is 310 g/mol. The van der Waals surface area contributed by atoms with Gasteiger partial charge in [0.25, 0.3) is 5.91 Å². The average molecular weight is 310 g/mol. The lowest BCUT2D eigenvalue weighted by Gasteiger charge is -2.41. The largest absolute Gasteiger partial charge is 0.492 e. The van der Waals surface area contributed by atoms with Crippen LogP contribution in [0.2, 0.25) is 0 Å². The second-order valence-electron chi connectivity index (χ2n) is 5.20. The highest BCUT2D eigenvalue weighted by atomic mass is 19.3. The maximum atomic E-state index is 13.7. The zero-order valence-corrected chi connectivity index (χ0v) is 11.8. The Morgan fingerprint density at radius 1 is 1.41 bits per heavy atom. The SMILES string of the molecule is N#Cc1ccc(OCCNC(=O)C(F)(F)C2(O)CCC2)cc1. The molecule has 2 rings (SSSR count). The molecule has 7 heteroatoms. The summed E-state index contributed by atoms with van der Waals surface area (Å²) in [6.07, 6.45) is 0.339. The maximum absolute atomic E-state index is 13.7. The molecule has 1 aromatic rings. The number of nitrogens with one attached hydrogen (secondary N) is 1. The normalized spacial score (nSPS) is 16.3. The van der Waals surface area contributed by atoms with Crippen LogP contribution in [-0.2, 0) is 4.79 Å². The molecule has 1 saturated carbocycles. The summed E-state index contributed by atoms with van der Waals surface area (Å²) in [5.74, 6) is -4.81. The molecule has 0 radical (unpaired) electrons. The molecule has 0 aromatic heterocycles. The number of amides is 1. The molecular formula is C15H16F2N2O3. The molecule has 0 saturated heterocycles. The first-order chi connectivity index (χ1) is 10.4. The van der Waals surface area contributed by atoms with Crippen molar-refractivity contribution in [3.63, 3.8) is 0 Å². The van der Waals surface area contributed by atoms with Gasteiger partial charge in [-0.1, -0.05) is 0 Å². The Morgan fingerprint density at radius 3 is 2.55 bits per heavy atom. The third-order valence-electron chi connectivity index (χ3n) is 3.69. The van der Waals surface area contributed by atoms with E-state index in [9.17, 15) is 18.7 Å². The molecule has 0 spiro atoms. The van der Waals surface area contributed by atoms with Gasteiger partial charge < -0.3 is 15.2 Å². The van der Waals surface area contributed by atoms with Crippen LogP contribution < -0.4 is 10.1 Å². The molecule has 1 aliphatic carbocycles. The van der Waals surface area contributed by atoms with Crippen molar-refractivity contribution in [3.8, 4) is 11.8 Å². The van der Waals surface area contributed by atoms with E-state index in [0.29, 0.717) is 17.7 Å². The highest BCUT2D eigenvalue weighted by Gasteiger charge is 2.60. The Balaban J connectivity index is 1.76. The highest BCUT2D eigenvalue weighted by Crippen LogP contribution is 2.44. The van der Waals surface area contributed by atoms with Crippen LogP contribution in [0.3, 0.4) is 0 Å². The Kier molecular flexibility index (Phi) is 4.62. The van der Waals surface area contributed by atoms with Crippen LogP contribution in [0, 0.1) is 11.3 Å². The molecule has 22 heavy (non-hydrogen) atoms. The minimum atomic E-state index is -3.79. The lowest BCUT2D eigenvalue weighted by atomic mass is 9.75. The van der Waals surface area contributed by atoms with Crippen LogP contribution in [0.5, 0.6) is 5.75 Å². The summed E-state index contributed by atoms with van der Waals surface area (Å²) in [5, 5.41) is 20.3. The van der Waals surface area contributed by atoms with Crippen LogP contribution >= 0.6 is 0 Å². The van der Waals surface area contributed by atoms with Gasteiger partial charge in [0.15, 0.2) is 0 Å². The number of ether oxygens (including phenoxy) is 1. The van der Waals surface area contributed by atoms with Crippen molar-refractivity contribution in [1.82, 2.24) is 5.32 Å². The van der Waals surface area contributed by atoms with Gasteiger partial charge >= 0.3 is 5.92 Å². The number of carbonyl (C=O) groups is 1. The van der Waals surface area contributed by atoms with Crippen molar-refractivity contribution in [1.29, 1.82) is 5.26 Å². The Labute approximate surface area is 126 Å². The van der Waals surface area contributed by atoms with Gasteiger partial charge in [-0.2, -0.15) is 14.0 Å². The van der Waals surface area contributed by atoms with E-state index >= 15 is 0 Å². The molecule has 1 amide bonds. The molecule has 0 heterocycles. The first kappa shape index (κ1) is 16.2. The van der Waals surface area contributed by atoms with Gasteiger partial charge in [-0.05, 0) is 43.5 Å². The lowest BCUT2D eigenvalue weighted by Crippen LogP contribution is -2.60. The Hall–Kier alpha value is -2.20. The number of nitrogens with zero attached hydrogens (tertiary/aromatic N) is 1. The lowest BCUT2D eigenvalue weighted by molar-refractivity contribution is -0.215. The van der Waals surface area contributed by atoms with E-state index in [2.05, 4.69) is 5.32 Å². The van der Waals surface area contributed by atoms with E-state index in [1.807, 2.05) is 6.07 Å². The molecule has 1 aromatic carbocycles. The summed E-state index contributed by atoms with van der Waals surface area (Å²) in [4.78, 5) is 11.5. The molecule has 0 bridgehead atoms. The number of benzene rings is 1. The quantitative estimate of drug-likeness (QED) is 0.782. The smallest absolute Gasteiger partial charge is 0.352 e. The van der Waals surface area contributed by atoms with E-state index in [1.165, 1.54) is 0 Å². The topological polar surface area (TPSA) is 82.3 Å². The van der Waals surface area contributed by atoms with Crippen LogP contribution in [-0.4, -0.2) is 35.7 Å². The van der Waals surface area contributed by atoms with Crippen LogP contribution in [0.1, 0.15) is 24.8 Å². The summed E-state index contributed by atoms with van der Waals surface area (Å²) in [6, 6.07) is 8.24. The number of hydrogen-bond acceptors (Lipinski definition) is 4. The highest BCUT2D eigenvalue weighted by molar-refractivity contribution is 5.85. The van der Waals surface area contributed by atoms with Gasteiger partial charge in [-0.15, -0.1) is 0 Å². The van der Waals surface area contributed by atoms with Crippen molar-refractivity contribution in [3.05, 3.63) is 29.8 Å². The molecule has 1 aliphatic rings. The van der Waals surface area contributed by atoms with Crippen molar-refractivity contribution in [2.24, 2.45) is 0 Å². The summed E-state index contributed by atoms with van der Waals surface area (Å²) >= 11 is 0. The van der Waals surface area contributed by atoms with Gasteiger partial charge in [0, 0.05) is 0 Å². The van der Waals surface area contributed by atoms with Crippen LogP contribution in [0.4, 0.5) is 8.78 Å². The summed E-state index contributed by atoms with van der Waals surface area (Å²) in [7, 11) is 0. The Morgan fingerprint density at radius 2 is 2.05 bits per heavy atom. The summed E-state index contributed by atoms with van der Waals surface area (Å²) in [6.45, 7) is -0.101. The van der Waals surface area contributed by atoms with Gasteiger partial charge in [0.1, 0.15) is 18.0 Å². The van der Waals surface area contributed by atoms with Crippen LogP contribution in [0.25, 0.3) is 0 Å². The second kappa shape index (κ2) is 6.28. The van der Waals surface area contributed by atoms with Gasteiger partial charge in [0.05, 0.1) is 18.2 Å². The molecule has 118 valence electrons. The Bertz CT molecular complexity index is 577. The third-order valence-corrected chi connectivity index (χ3v) is 3.69. The van der Waals surface area contributed by atoms with Crippen LogP contribution in [0.15, 0.2) is 24.3 Å². The number of carbonyl (C=O) groups excluding carboxylic acids is 1. The summed E-state index contributed by atoms with van der Waals surface area (Å²) < 4.78 is 32.8. The number of hydrogen-bond donors (Lipinski definition) is 2. The van der Waals surface area contributed by atoms with E-state index in [-0.39, 0.29) is 26.0 Å². The molecule has 5 nitrogen and oxygen atoms in total. The van der Waals surface area contributed by atoms with E-state index < -0.39 is 17.4 Å². The molecule has 2 N–H and O–H groups in total. The van der Waals surface area contributed by atoms with E-state index in [0.717, 1.165) is 0 Å². The standard InChI is InChI=1S/C15H16F2N2O3/c16-15(17,14(21)6-1-7-14)13(20)19-8-9-22-12-4-2-11(10-18)3-5-12/h2-5,21H,1,6-9H2,(H,19,20). The zero-order chi connectivity index (χ0) is 16.2. The van der Waals surface area contributed by atoms with Crippen molar-refractivity contribution in [2.45, 2.75) is 30.8 Å². The molecule has 0 aliphatic heterocycles. The molecule has 1 fully saturated rings. The molecule has 0 atom stereocenters. The molecular weight excluding hydrogens is 294 g/mol. The van der Waals surface area contributed by atoms with Gasteiger partial charge in [-0.25, -0.2) is 0 Å². The fraction of sp³-hybridized carbons (Fsp3) is 0.467. The number of alkyl halides is 2. The van der Waals surface area contributed by atoms with E-state index in [1.54, 1.807) is 24.3 Å².